The minimum absolute atomic E-state index is 0.0760. The largest absolute Gasteiger partial charge is 0.497 e. The van der Waals surface area contributed by atoms with E-state index in [4.69, 9.17) is 24.1 Å². The van der Waals surface area contributed by atoms with E-state index in [1.807, 2.05) is 13.0 Å². The number of rotatable bonds is 12. The van der Waals surface area contributed by atoms with Gasteiger partial charge in [0.2, 0.25) is 0 Å². The van der Waals surface area contributed by atoms with Crippen molar-refractivity contribution in [2.24, 2.45) is 0 Å². The number of nitrogens with one attached hydrogen (secondary N) is 1. The molecule has 39 heavy (non-hydrogen) atoms. The first-order valence-corrected chi connectivity index (χ1v) is 12.9. The summed E-state index contributed by atoms with van der Waals surface area (Å²) in [4.78, 5) is 23.9. The van der Waals surface area contributed by atoms with Crippen LogP contribution in [0.3, 0.4) is 0 Å². The average molecular weight is 642 g/mol. The highest BCUT2D eigenvalue weighted by Gasteiger charge is 2.15. The van der Waals surface area contributed by atoms with Crippen molar-refractivity contribution in [1.82, 2.24) is 5.32 Å². The third-order valence-corrected chi connectivity index (χ3v) is 6.33. The molecule has 0 aromatic heterocycles. The van der Waals surface area contributed by atoms with E-state index in [0.29, 0.717) is 38.7 Å². The number of carboxylic acid groups (broad SMARTS) is 1. The lowest BCUT2D eigenvalue weighted by Crippen LogP contribution is -2.24. The first kappa shape index (κ1) is 29.3. The predicted octanol–water partition coefficient (Wildman–Crippen LogP) is 5.21. The van der Waals surface area contributed by atoms with Crippen LogP contribution in [-0.4, -0.2) is 37.8 Å². The standard InChI is InChI=1S/C29H27IN2O7/c1-4-38-26-13-19(12-24(30)27(26)39-17-18-5-7-20(8-6-18)29(34)35)11-22(15-31)28(33)32-16-21-9-10-23(36-2)14-25(21)37-3/h5-14H,4,16-17H2,1-3H3,(H,32,33)(H,34,35)/b22-11+. The van der Waals surface area contributed by atoms with Gasteiger partial charge < -0.3 is 29.4 Å². The van der Waals surface area contributed by atoms with Gasteiger partial charge in [-0.3, -0.25) is 4.79 Å². The second-order valence-electron chi connectivity index (χ2n) is 8.08. The Kier molecular flexibility index (Phi) is 10.6. The van der Waals surface area contributed by atoms with Crippen LogP contribution >= 0.6 is 22.6 Å². The molecule has 0 aliphatic carbocycles. The zero-order valence-electron chi connectivity index (χ0n) is 21.6. The van der Waals surface area contributed by atoms with E-state index in [0.717, 1.165) is 11.1 Å². The van der Waals surface area contributed by atoms with Gasteiger partial charge in [-0.1, -0.05) is 12.1 Å². The van der Waals surface area contributed by atoms with Crippen molar-refractivity contribution in [2.75, 3.05) is 20.8 Å². The van der Waals surface area contributed by atoms with Gasteiger partial charge in [-0.05, 0) is 83.1 Å². The molecule has 0 bridgehead atoms. The van der Waals surface area contributed by atoms with Crippen LogP contribution in [0.4, 0.5) is 0 Å². The van der Waals surface area contributed by atoms with Crippen molar-refractivity contribution in [3.05, 3.63) is 86.0 Å². The number of nitrogens with zero attached hydrogens (tertiary/aromatic N) is 1. The topological polar surface area (TPSA) is 127 Å². The molecular weight excluding hydrogens is 615 g/mol. The Morgan fingerprint density at radius 2 is 1.77 bits per heavy atom. The maximum Gasteiger partial charge on any atom is 0.335 e. The van der Waals surface area contributed by atoms with E-state index < -0.39 is 11.9 Å². The number of amides is 1. The molecule has 202 valence electrons. The quantitative estimate of drug-likeness (QED) is 0.157. The molecule has 9 nitrogen and oxygen atoms in total. The van der Waals surface area contributed by atoms with Crippen LogP contribution in [0.2, 0.25) is 0 Å². The lowest BCUT2D eigenvalue weighted by molar-refractivity contribution is -0.117. The normalized spacial score (nSPS) is 10.8. The number of benzene rings is 3. The summed E-state index contributed by atoms with van der Waals surface area (Å²) in [7, 11) is 3.08. The first-order valence-electron chi connectivity index (χ1n) is 11.8. The van der Waals surface area contributed by atoms with Crippen LogP contribution < -0.4 is 24.3 Å². The summed E-state index contributed by atoms with van der Waals surface area (Å²) >= 11 is 2.10. The van der Waals surface area contributed by atoms with Crippen molar-refractivity contribution >= 4 is 40.5 Å². The van der Waals surface area contributed by atoms with Gasteiger partial charge in [0.05, 0.1) is 30.0 Å². The Balaban J connectivity index is 1.77. The van der Waals surface area contributed by atoms with Crippen LogP contribution in [0.25, 0.3) is 6.08 Å². The number of aromatic carboxylic acids is 1. The predicted molar refractivity (Wildman–Crippen MR) is 153 cm³/mol. The van der Waals surface area contributed by atoms with Crippen molar-refractivity contribution in [3.8, 4) is 29.1 Å². The summed E-state index contributed by atoms with van der Waals surface area (Å²) in [6.45, 7) is 2.58. The fraction of sp³-hybridized carbons (Fsp3) is 0.207. The monoisotopic (exact) mass is 642 g/mol. The van der Waals surface area contributed by atoms with E-state index >= 15 is 0 Å². The molecule has 3 aromatic rings. The summed E-state index contributed by atoms with van der Waals surface area (Å²) < 4.78 is 23.1. The van der Waals surface area contributed by atoms with Crippen LogP contribution in [0.5, 0.6) is 23.0 Å². The Hall–Kier alpha value is -4.24. The smallest absolute Gasteiger partial charge is 0.335 e. The lowest BCUT2D eigenvalue weighted by atomic mass is 10.1. The lowest BCUT2D eigenvalue weighted by Gasteiger charge is -2.15. The van der Waals surface area contributed by atoms with Crippen LogP contribution in [0, 0.1) is 14.9 Å². The molecule has 0 heterocycles. The number of carbonyl (C=O) groups excluding carboxylic acids is 1. The van der Waals surface area contributed by atoms with E-state index in [1.165, 1.54) is 25.3 Å². The second kappa shape index (κ2) is 14.1. The third kappa shape index (κ3) is 7.87. The molecule has 0 atom stereocenters. The maximum atomic E-state index is 12.8. The Morgan fingerprint density at radius 3 is 2.38 bits per heavy atom. The summed E-state index contributed by atoms with van der Waals surface area (Å²) in [6.07, 6.45) is 1.49. The van der Waals surface area contributed by atoms with Crippen molar-refractivity contribution in [3.63, 3.8) is 0 Å². The first-order chi connectivity index (χ1) is 18.8. The number of hydrogen-bond donors (Lipinski definition) is 2. The van der Waals surface area contributed by atoms with E-state index in [1.54, 1.807) is 49.6 Å². The highest BCUT2D eigenvalue weighted by molar-refractivity contribution is 14.1. The summed E-state index contributed by atoms with van der Waals surface area (Å²) in [5, 5.41) is 21.5. The minimum atomic E-state index is -0.995. The van der Waals surface area contributed by atoms with Gasteiger partial charge in [0.1, 0.15) is 29.7 Å². The van der Waals surface area contributed by atoms with Gasteiger partial charge in [0.15, 0.2) is 11.5 Å². The van der Waals surface area contributed by atoms with E-state index in [2.05, 4.69) is 27.9 Å². The molecule has 0 saturated heterocycles. The highest BCUT2D eigenvalue weighted by atomic mass is 127. The van der Waals surface area contributed by atoms with Crippen LogP contribution in [0.1, 0.15) is 34.0 Å². The number of ether oxygens (including phenoxy) is 4. The average Bonchev–Trinajstić information content (AvgIpc) is 2.94. The Morgan fingerprint density at radius 1 is 1.03 bits per heavy atom. The number of halogens is 1. The highest BCUT2D eigenvalue weighted by Crippen LogP contribution is 2.35. The molecule has 3 rings (SSSR count). The molecule has 2 N–H and O–H groups in total. The molecular formula is C29H27IN2O7. The van der Waals surface area contributed by atoms with Gasteiger partial charge in [-0.25, -0.2) is 4.79 Å². The fourth-order valence-electron chi connectivity index (χ4n) is 3.56. The Labute approximate surface area is 240 Å². The number of methoxy groups -OCH3 is 2. The number of hydrogen-bond acceptors (Lipinski definition) is 7. The third-order valence-electron chi connectivity index (χ3n) is 5.53. The second-order valence-corrected chi connectivity index (χ2v) is 9.25. The molecule has 0 unspecified atom stereocenters. The van der Waals surface area contributed by atoms with Gasteiger partial charge >= 0.3 is 5.97 Å². The Bertz CT molecular complexity index is 1410. The summed E-state index contributed by atoms with van der Waals surface area (Å²) in [5.41, 5.74) is 2.23. The van der Waals surface area contributed by atoms with Gasteiger partial charge in [0, 0.05) is 18.2 Å². The molecule has 3 aromatic carbocycles. The zero-order chi connectivity index (χ0) is 28.4. The van der Waals surface area contributed by atoms with Crippen molar-refractivity contribution < 1.29 is 33.6 Å². The fourth-order valence-corrected chi connectivity index (χ4v) is 4.34. The number of carbonyl (C=O) groups is 2. The molecule has 1 amide bonds. The van der Waals surface area contributed by atoms with Crippen molar-refractivity contribution in [1.29, 1.82) is 5.26 Å². The van der Waals surface area contributed by atoms with Crippen molar-refractivity contribution in [2.45, 2.75) is 20.1 Å². The van der Waals surface area contributed by atoms with Crippen LogP contribution in [-0.2, 0) is 17.9 Å². The molecule has 0 saturated carbocycles. The van der Waals surface area contributed by atoms with E-state index in [-0.39, 0.29) is 24.3 Å². The van der Waals surface area contributed by atoms with Gasteiger partial charge in [0.25, 0.3) is 5.91 Å². The van der Waals surface area contributed by atoms with Crippen LogP contribution in [0.15, 0.2) is 60.2 Å². The molecule has 0 spiro atoms. The van der Waals surface area contributed by atoms with Gasteiger partial charge in [-0.15, -0.1) is 0 Å². The van der Waals surface area contributed by atoms with Gasteiger partial charge in [-0.2, -0.15) is 5.26 Å². The molecule has 0 aliphatic heterocycles. The molecule has 0 radical (unpaired) electrons. The molecule has 0 aliphatic rings. The number of nitriles is 1. The summed E-state index contributed by atoms with van der Waals surface area (Å²) in [6, 6.07) is 17.1. The molecule has 10 heteroatoms. The SMILES string of the molecule is CCOc1cc(/C=C(\C#N)C(=O)NCc2ccc(OC)cc2OC)cc(I)c1OCc1ccc(C(=O)O)cc1. The van der Waals surface area contributed by atoms with E-state index in [9.17, 15) is 14.9 Å². The minimum Gasteiger partial charge on any atom is -0.497 e. The molecule has 0 fully saturated rings. The number of carboxylic acids is 1. The summed E-state index contributed by atoms with van der Waals surface area (Å²) in [5.74, 6) is 0.618. The zero-order valence-corrected chi connectivity index (χ0v) is 23.8. The maximum absolute atomic E-state index is 12.8.